The van der Waals surface area contributed by atoms with E-state index in [1.807, 2.05) is 0 Å². The van der Waals surface area contributed by atoms with Crippen LogP contribution >= 0.6 is 7.40 Å². The summed E-state index contributed by atoms with van der Waals surface area (Å²) in [6, 6.07) is 4.69. The smallest absolute Gasteiger partial charge is 0.325 e. The molecule has 1 aromatic carbocycles. The van der Waals surface area contributed by atoms with Crippen LogP contribution in [0, 0.1) is 5.41 Å². The van der Waals surface area contributed by atoms with E-state index < -0.39 is 19.1 Å². The first-order chi connectivity index (χ1) is 18.4. The lowest BCUT2D eigenvalue weighted by Crippen LogP contribution is -2.31. The van der Waals surface area contributed by atoms with Gasteiger partial charge in [-0.05, 0) is 74.9 Å². The van der Waals surface area contributed by atoms with Crippen molar-refractivity contribution >= 4 is 25.8 Å². The lowest BCUT2D eigenvalue weighted by atomic mass is 9.69. The van der Waals surface area contributed by atoms with Crippen molar-refractivity contribution in [2.75, 3.05) is 0 Å². The molecule has 2 fully saturated rings. The minimum atomic E-state index is -4.45. The Balaban J connectivity index is 1.76. The minimum absolute atomic E-state index is 0.0221. The lowest BCUT2D eigenvalue weighted by molar-refractivity contribution is -0.137. The topological polar surface area (TPSA) is 39.2 Å². The van der Waals surface area contributed by atoms with Crippen molar-refractivity contribution in [3.05, 3.63) is 63.5 Å². The third-order valence-electron chi connectivity index (χ3n) is 8.82. The zero-order valence-corrected chi connectivity index (χ0v) is 24.0. The minimum Gasteiger partial charge on any atom is -0.325 e. The first-order valence-electron chi connectivity index (χ1n) is 14.3. The van der Waals surface area contributed by atoms with Crippen LogP contribution in [0.3, 0.4) is 0 Å². The Morgan fingerprint density at radius 2 is 1.54 bits per heavy atom. The van der Waals surface area contributed by atoms with Gasteiger partial charge in [0.05, 0.1) is 17.4 Å². The molecule has 1 aromatic heterocycles. The van der Waals surface area contributed by atoms with Crippen LogP contribution < -0.4 is 0 Å². The number of aromatic nitrogens is 1. The fourth-order valence-corrected chi connectivity index (χ4v) is 7.63. The number of hydrogen-bond donors (Lipinski definition) is 0. The number of alkyl halides is 3. The number of benzene rings is 1. The van der Waals surface area contributed by atoms with Gasteiger partial charge >= 0.3 is 6.18 Å². The van der Waals surface area contributed by atoms with E-state index in [1.165, 1.54) is 18.6 Å². The number of carbonyl (C=O) groups is 1. The van der Waals surface area contributed by atoms with Crippen LogP contribution in [-0.4, -0.2) is 23.4 Å². The van der Waals surface area contributed by atoms with Crippen LogP contribution in [-0.2, 0) is 17.1 Å². The average molecular weight is 558 g/mol. The summed E-state index contributed by atoms with van der Waals surface area (Å²) in [6.07, 6.45) is 14.6. The van der Waals surface area contributed by atoms with Crippen LogP contribution in [0.1, 0.15) is 140 Å². The van der Waals surface area contributed by atoms with Gasteiger partial charge in [0.25, 0.3) is 0 Å². The van der Waals surface area contributed by atoms with Crippen molar-refractivity contribution in [3.63, 3.8) is 0 Å². The largest absolute Gasteiger partial charge is 0.416 e. The molecule has 2 aromatic rings. The molecule has 3 aliphatic carbocycles. The van der Waals surface area contributed by atoms with Crippen molar-refractivity contribution in [1.82, 2.24) is 4.98 Å². The summed E-state index contributed by atoms with van der Waals surface area (Å²) in [5.41, 5.74) is 4.14. The molecule has 0 bridgehead atoms. The molecule has 39 heavy (non-hydrogen) atoms. The third kappa shape index (κ3) is 5.98. The summed E-state index contributed by atoms with van der Waals surface area (Å²) in [7, 11) is -1.14. The van der Waals surface area contributed by atoms with Gasteiger partial charge in [0.1, 0.15) is 0 Å². The predicted molar refractivity (Wildman–Crippen MR) is 153 cm³/mol. The number of carbonyl (C=O) groups excluding carboxylic acids is 1. The zero-order chi connectivity index (χ0) is 27.9. The SMILES string of the molecule is C=P(=C)O[C@H]1CC(C)(C)Cc2nc(C3CCCC3)c(C(=O)c3ccc(C(F)(F)F)cc3)c(C3CCCCC3)c21. The van der Waals surface area contributed by atoms with Crippen LogP contribution in [0.4, 0.5) is 13.2 Å². The van der Waals surface area contributed by atoms with E-state index in [0.29, 0.717) is 5.56 Å². The molecule has 2 saturated carbocycles. The highest BCUT2D eigenvalue weighted by molar-refractivity contribution is 7.49. The van der Waals surface area contributed by atoms with Crippen molar-refractivity contribution in [2.24, 2.45) is 5.41 Å². The zero-order valence-electron chi connectivity index (χ0n) is 23.1. The number of nitrogens with zero attached hydrogens (tertiary/aromatic N) is 1. The van der Waals surface area contributed by atoms with Crippen LogP contribution in [0.25, 0.3) is 0 Å². The summed E-state index contributed by atoms with van der Waals surface area (Å²) >= 11 is 0. The quantitative estimate of drug-likeness (QED) is 0.262. The Labute approximate surface area is 230 Å². The van der Waals surface area contributed by atoms with Crippen molar-refractivity contribution in [2.45, 2.75) is 109 Å². The van der Waals surface area contributed by atoms with Gasteiger partial charge in [-0.25, -0.2) is 0 Å². The maximum Gasteiger partial charge on any atom is 0.416 e. The fourth-order valence-electron chi connectivity index (χ4n) is 7.09. The van der Waals surface area contributed by atoms with Gasteiger partial charge in [-0.1, -0.05) is 70.7 Å². The van der Waals surface area contributed by atoms with Gasteiger partial charge in [0.15, 0.2) is 5.78 Å². The highest BCUT2D eigenvalue weighted by Crippen LogP contribution is 2.51. The van der Waals surface area contributed by atoms with Crippen molar-refractivity contribution in [3.8, 4) is 0 Å². The molecule has 210 valence electrons. The summed E-state index contributed by atoms with van der Waals surface area (Å²) in [4.78, 5) is 19.7. The predicted octanol–water partition coefficient (Wildman–Crippen LogP) is 9.33. The molecular weight excluding hydrogens is 518 g/mol. The van der Waals surface area contributed by atoms with Gasteiger partial charge < -0.3 is 4.52 Å². The molecule has 0 spiro atoms. The van der Waals surface area contributed by atoms with E-state index in [-0.39, 0.29) is 34.7 Å². The third-order valence-corrected chi connectivity index (χ3v) is 9.37. The van der Waals surface area contributed by atoms with Gasteiger partial charge in [0.2, 0.25) is 0 Å². The average Bonchev–Trinajstić information content (AvgIpc) is 3.41. The maximum absolute atomic E-state index is 14.4. The van der Waals surface area contributed by atoms with Crippen LogP contribution in [0.15, 0.2) is 24.3 Å². The monoisotopic (exact) mass is 557 g/mol. The van der Waals surface area contributed by atoms with Crippen molar-refractivity contribution < 1.29 is 22.5 Å². The molecule has 1 atom stereocenters. The number of rotatable bonds is 6. The molecule has 0 N–H and O–H groups in total. The molecule has 3 aliphatic rings. The summed E-state index contributed by atoms with van der Waals surface area (Å²) < 4.78 is 46.3. The molecule has 0 aliphatic heterocycles. The van der Waals surface area contributed by atoms with Gasteiger partial charge in [0, 0.05) is 28.3 Å². The second kappa shape index (κ2) is 11.0. The summed E-state index contributed by atoms with van der Waals surface area (Å²) in [6.45, 7) is 4.47. The number of pyridine rings is 1. The number of fused-ring (bicyclic) bond motifs is 1. The standard InChI is InChI=1S/C32H39F3NO2P/c1-31(2)18-24-27(25(19-31)38-39(3)4)26(20-10-6-5-7-11-20)28(29(36-24)21-12-8-9-13-21)30(37)22-14-16-23(17-15-22)32(33,34)35/h14-17,20-21,25H,3-13,18-19H2,1-2H3/t25-/m0/s1. The summed E-state index contributed by atoms with van der Waals surface area (Å²) in [5.74, 6) is 0.182. The van der Waals surface area contributed by atoms with E-state index in [2.05, 4.69) is 26.4 Å². The molecule has 7 heteroatoms. The highest BCUT2D eigenvalue weighted by atomic mass is 31.1. The van der Waals surface area contributed by atoms with Gasteiger partial charge in [-0.2, -0.15) is 13.2 Å². The van der Waals surface area contributed by atoms with E-state index in [1.54, 1.807) is 0 Å². The van der Waals surface area contributed by atoms with Crippen LogP contribution in [0.5, 0.6) is 0 Å². The van der Waals surface area contributed by atoms with Crippen molar-refractivity contribution in [1.29, 1.82) is 0 Å². The molecular formula is C32H39F3NO2P. The molecule has 0 unspecified atom stereocenters. The molecule has 0 saturated heterocycles. The first-order valence-corrected chi connectivity index (χ1v) is 15.9. The fraction of sp³-hybridized carbons (Fsp3) is 0.562. The molecule has 5 rings (SSSR count). The van der Waals surface area contributed by atoms with Gasteiger partial charge in [-0.15, -0.1) is 0 Å². The lowest BCUT2D eigenvalue weighted by Gasteiger charge is -2.40. The molecule has 0 radical (unpaired) electrons. The normalized spacial score (nSPS) is 22.0. The van der Waals surface area contributed by atoms with E-state index in [4.69, 9.17) is 9.51 Å². The first kappa shape index (κ1) is 28.4. The maximum atomic E-state index is 14.4. The van der Waals surface area contributed by atoms with E-state index in [9.17, 15) is 18.0 Å². The Morgan fingerprint density at radius 1 is 0.949 bits per heavy atom. The molecule has 3 nitrogen and oxygen atoms in total. The number of hydrogen-bond acceptors (Lipinski definition) is 3. The summed E-state index contributed by atoms with van der Waals surface area (Å²) in [5, 5.41) is 0. The van der Waals surface area contributed by atoms with Gasteiger partial charge in [-0.3, -0.25) is 9.78 Å². The Bertz CT molecular complexity index is 1290. The highest BCUT2D eigenvalue weighted by Gasteiger charge is 2.41. The van der Waals surface area contributed by atoms with E-state index >= 15 is 0 Å². The second-order valence-corrected chi connectivity index (χ2v) is 13.7. The Kier molecular flexibility index (Phi) is 8.01. The Hall–Kier alpha value is -2.17. The molecule has 1 heterocycles. The molecule has 0 amide bonds. The second-order valence-electron chi connectivity index (χ2n) is 12.5. The van der Waals surface area contributed by atoms with E-state index in [0.717, 1.165) is 98.9 Å². The Morgan fingerprint density at radius 3 is 2.13 bits per heavy atom. The number of ketones is 1. The number of halogens is 3. The van der Waals surface area contributed by atoms with Crippen LogP contribution in [0.2, 0.25) is 0 Å².